The summed E-state index contributed by atoms with van der Waals surface area (Å²) in [5.41, 5.74) is 2.00. The second kappa shape index (κ2) is 6.27. The lowest BCUT2D eigenvalue weighted by Crippen LogP contribution is -2.21. The van der Waals surface area contributed by atoms with E-state index in [0.29, 0.717) is 28.6 Å². The van der Waals surface area contributed by atoms with Gasteiger partial charge < -0.3 is 13.4 Å². The second-order valence-electron chi connectivity index (χ2n) is 6.15. The summed E-state index contributed by atoms with van der Waals surface area (Å²) in [6.45, 7) is 5.23. The largest absolute Gasteiger partial charge is 0.459 e. The third kappa shape index (κ3) is 2.92. The molecule has 9 nitrogen and oxygen atoms in total. The van der Waals surface area contributed by atoms with Gasteiger partial charge in [0.1, 0.15) is 12.3 Å². The van der Waals surface area contributed by atoms with Crippen LogP contribution in [0.3, 0.4) is 0 Å². The summed E-state index contributed by atoms with van der Waals surface area (Å²) in [4.78, 5) is 24.8. The lowest BCUT2D eigenvalue weighted by Gasteiger charge is -2.05. The van der Waals surface area contributed by atoms with Crippen molar-refractivity contribution in [3.05, 3.63) is 63.8 Å². The summed E-state index contributed by atoms with van der Waals surface area (Å²) >= 11 is 0. The summed E-state index contributed by atoms with van der Waals surface area (Å²) in [7, 11) is 0. The minimum absolute atomic E-state index is 0.0290. The molecule has 0 spiro atoms. The van der Waals surface area contributed by atoms with Crippen LogP contribution in [0.5, 0.6) is 0 Å². The van der Waals surface area contributed by atoms with E-state index in [9.17, 15) is 9.59 Å². The predicted octanol–water partition coefficient (Wildman–Crippen LogP) is 2.68. The molecule has 0 saturated carbocycles. The summed E-state index contributed by atoms with van der Waals surface area (Å²) in [5.74, 6) is 0.621. The van der Waals surface area contributed by atoms with E-state index in [4.69, 9.17) is 13.4 Å². The van der Waals surface area contributed by atoms with Gasteiger partial charge in [-0.1, -0.05) is 5.16 Å². The number of carbonyl (C=O) groups is 1. The number of nitrogens with zero attached hydrogens (tertiary/aromatic N) is 4. The number of ketones is 1. The second-order valence-corrected chi connectivity index (χ2v) is 6.15. The molecular weight excluding hydrogens is 352 g/mol. The van der Waals surface area contributed by atoms with Crippen molar-refractivity contribution in [3.63, 3.8) is 0 Å². The number of carbonyl (C=O) groups excluding carboxylic acids is 1. The highest BCUT2D eigenvalue weighted by atomic mass is 16.5. The first-order valence-electron chi connectivity index (χ1n) is 8.21. The zero-order valence-corrected chi connectivity index (χ0v) is 14.9. The van der Waals surface area contributed by atoms with Crippen LogP contribution in [0, 0.1) is 20.8 Å². The van der Waals surface area contributed by atoms with Crippen molar-refractivity contribution < 1.29 is 18.2 Å². The number of hydrogen-bond acceptors (Lipinski definition) is 7. The molecule has 0 radical (unpaired) electrons. The molecular formula is C18H16N4O5. The number of hydrogen-bond donors (Lipinski definition) is 0. The normalized spacial score (nSPS) is 11.2. The molecule has 0 N–H and O–H groups in total. The summed E-state index contributed by atoms with van der Waals surface area (Å²) in [6, 6.07) is 6.80. The van der Waals surface area contributed by atoms with E-state index in [1.807, 2.05) is 18.4 Å². The van der Waals surface area contributed by atoms with Gasteiger partial charge in [-0.25, -0.2) is 4.79 Å². The molecule has 4 heterocycles. The highest BCUT2D eigenvalue weighted by Crippen LogP contribution is 2.21. The Balaban J connectivity index is 1.64. The van der Waals surface area contributed by atoms with E-state index < -0.39 is 5.76 Å². The molecule has 0 amide bonds. The predicted molar refractivity (Wildman–Crippen MR) is 92.8 cm³/mol. The average Bonchev–Trinajstić information content (AvgIpc) is 3.38. The van der Waals surface area contributed by atoms with E-state index in [0.717, 1.165) is 10.4 Å². The van der Waals surface area contributed by atoms with Crippen LogP contribution in [0.4, 0.5) is 0 Å². The first kappa shape index (κ1) is 16.8. The van der Waals surface area contributed by atoms with Crippen molar-refractivity contribution in [1.82, 2.24) is 19.5 Å². The molecule has 0 aromatic carbocycles. The van der Waals surface area contributed by atoms with Gasteiger partial charge in [0.2, 0.25) is 0 Å². The Kier molecular flexibility index (Phi) is 3.91. The van der Waals surface area contributed by atoms with E-state index in [1.165, 1.54) is 6.26 Å². The van der Waals surface area contributed by atoms with Crippen LogP contribution in [0.1, 0.15) is 27.5 Å². The Labute approximate surface area is 152 Å². The van der Waals surface area contributed by atoms with Crippen LogP contribution in [-0.4, -0.2) is 25.3 Å². The Morgan fingerprint density at radius 2 is 2.04 bits per heavy atom. The highest BCUT2D eigenvalue weighted by molar-refractivity contribution is 5.97. The Morgan fingerprint density at radius 3 is 2.70 bits per heavy atom. The van der Waals surface area contributed by atoms with Crippen LogP contribution >= 0.6 is 0 Å². The molecule has 0 aliphatic carbocycles. The fraction of sp³-hybridized carbons (Fsp3) is 0.222. The van der Waals surface area contributed by atoms with Gasteiger partial charge in [0.15, 0.2) is 17.4 Å². The lowest BCUT2D eigenvalue weighted by molar-refractivity contribution is 0.0964. The maximum absolute atomic E-state index is 12.8. The third-order valence-electron chi connectivity index (χ3n) is 4.21. The number of Topliss-reactive ketones (excluding diaryl/α,β-unsaturated/α-hetero) is 1. The van der Waals surface area contributed by atoms with Gasteiger partial charge in [-0.3, -0.25) is 9.36 Å². The summed E-state index contributed by atoms with van der Waals surface area (Å²) in [6.07, 6.45) is 1.44. The van der Waals surface area contributed by atoms with Gasteiger partial charge >= 0.3 is 5.76 Å². The van der Waals surface area contributed by atoms with Crippen molar-refractivity contribution >= 4 is 5.78 Å². The van der Waals surface area contributed by atoms with Gasteiger partial charge in [-0.15, -0.1) is 5.10 Å². The molecule has 0 atom stereocenters. The van der Waals surface area contributed by atoms with Gasteiger partial charge in [0.25, 0.3) is 5.89 Å². The quantitative estimate of drug-likeness (QED) is 0.498. The molecule has 4 aromatic rings. The van der Waals surface area contributed by atoms with Gasteiger partial charge in [0, 0.05) is 23.0 Å². The van der Waals surface area contributed by atoms with Crippen LogP contribution in [0.25, 0.3) is 17.5 Å². The molecule has 0 fully saturated rings. The SMILES string of the molecule is Cc1cc(-n2c(C)cc(C(=O)Cn3nc(-c4ccco4)oc3=O)c2C)no1. The molecule has 9 heteroatoms. The summed E-state index contributed by atoms with van der Waals surface area (Å²) < 4.78 is 18.1. The molecule has 0 aliphatic rings. The molecule has 0 unspecified atom stereocenters. The van der Waals surface area contributed by atoms with Gasteiger partial charge in [-0.05, 0) is 39.0 Å². The fourth-order valence-corrected chi connectivity index (χ4v) is 2.98. The van der Waals surface area contributed by atoms with Crippen LogP contribution in [0.15, 0.2) is 48.7 Å². The lowest BCUT2D eigenvalue weighted by atomic mass is 10.1. The van der Waals surface area contributed by atoms with Crippen molar-refractivity contribution in [1.29, 1.82) is 0 Å². The van der Waals surface area contributed by atoms with Crippen molar-refractivity contribution in [3.8, 4) is 17.5 Å². The van der Waals surface area contributed by atoms with Crippen LogP contribution in [-0.2, 0) is 6.54 Å². The summed E-state index contributed by atoms with van der Waals surface area (Å²) in [5, 5.41) is 8.02. The van der Waals surface area contributed by atoms with Gasteiger partial charge in [0.05, 0.1) is 6.26 Å². The minimum Gasteiger partial charge on any atom is -0.459 e. The molecule has 0 aliphatic heterocycles. The maximum atomic E-state index is 12.8. The van der Waals surface area contributed by atoms with Gasteiger partial charge in [-0.2, -0.15) is 4.68 Å². The molecule has 4 rings (SSSR count). The molecule has 0 bridgehead atoms. The number of furan rings is 1. The van der Waals surface area contributed by atoms with Crippen molar-refractivity contribution in [2.24, 2.45) is 0 Å². The molecule has 27 heavy (non-hydrogen) atoms. The van der Waals surface area contributed by atoms with Crippen molar-refractivity contribution in [2.75, 3.05) is 0 Å². The number of rotatable bonds is 5. The zero-order chi connectivity index (χ0) is 19.1. The van der Waals surface area contributed by atoms with E-state index in [2.05, 4.69) is 10.3 Å². The van der Waals surface area contributed by atoms with E-state index in [-0.39, 0.29) is 18.2 Å². The monoisotopic (exact) mass is 368 g/mol. The topological polar surface area (TPSA) is 109 Å². The average molecular weight is 368 g/mol. The Morgan fingerprint density at radius 1 is 1.22 bits per heavy atom. The van der Waals surface area contributed by atoms with Crippen LogP contribution < -0.4 is 5.76 Å². The van der Waals surface area contributed by atoms with Crippen molar-refractivity contribution in [2.45, 2.75) is 27.3 Å². The maximum Gasteiger partial charge on any atom is 0.437 e. The van der Waals surface area contributed by atoms with Crippen LogP contribution in [0.2, 0.25) is 0 Å². The third-order valence-corrected chi connectivity index (χ3v) is 4.21. The first-order valence-corrected chi connectivity index (χ1v) is 8.21. The van der Waals surface area contributed by atoms with E-state index >= 15 is 0 Å². The number of aryl methyl sites for hydroxylation is 2. The molecule has 0 saturated heterocycles. The molecule has 4 aromatic heterocycles. The Hall–Kier alpha value is -3.62. The fourth-order valence-electron chi connectivity index (χ4n) is 2.98. The zero-order valence-electron chi connectivity index (χ0n) is 14.9. The minimum atomic E-state index is -0.726. The first-order chi connectivity index (χ1) is 12.9. The smallest absolute Gasteiger partial charge is 0.437 e. The Bertz CT molecular complexity index is 1170. The van der Waals surface area contributed by atoms with E-state index in [1.54, 1.807) is 31.2 Å². The number of aromatic nitrogens is 4. The standard InChI is InChI=1S/C18H16N4O5/c1-10-7-13(12(3)22(10)16-8-11(2)27-20-16)14(23)9-21-18(24)26-17(19-21)15-5-4-6-25-15/h4-8H,9H2,1-3H3. The molecule has 138 valence electrons. The highest BCUT2D eigenvalue weighted by Gasteiger charge is 2.21.